The molecule has 1 aliphatic carbocycles. The lowest BCUT2D eigenvalue weighted by Crippen LogP contribution is -2.40. The molecule has 0 N–H and O–H groups in total. The second-order valence-corrected chi connectivity index (χ2v) is 7.00. The topological polar surface area (TPSA) is 21.1 Å². The van der Waals surface area contributed by atoms with E-state index in [0.29, 0.717) is 12.1 Å². The zero-order valence-electron chi connectivity index (χ0n) is 12.3. The van der Waals surface area contributed by atoms with Crippen molar-refractivity contribution in [1.29, 1.82) is 0 Å². The first-order valence-corrected chi connectivity index (χ1v) is 9.33. The zero-order valence-corrected chi connectivity index (χ0v) is 13.9. The molecule has 1 aromatic heterocycles. The van der Waals surface area contributed by atoms with Gasteiger partial charge < -0.3 is 0 Å². The number of piperidine rings is 1. The number of hydrogen-bond donors (Lipinski definition) is 0. The predicted octanol–water partition coefficient (Wildman–Crippen LogP) is 4.14. The Balaban J connectivity index is 1.61. The molecule has 2 heterocycles. The Kier molecular flexibility index (Phi) is 5.16. The van der Waals surface area contributed by atoms with Gasteiger partial charge in [-0.25, -0.2) is 0 Å². The molecule has 3 nitrogen and oxygen atoms in total. The highest BCUT2D eigenvalue weighted by molar-refractivity contribution is 9.09. The highest BCUT2D eigenvalue weighted by Gasteiger charge is 2.22. The van der Waals surface area contributed by atoms with Crippen molar-refractivity contribution in [3.05, 3.63) is 18.0 Å². The van der Waals surface area contributed by atoms with Crippen molar-refractivity contribution >= 4 is 15.9 Å². The van der Waals surface area contributed by atoms with Crippen molar-refractivity contribution in [2.24, 2.45) is 0 Å². The van der Waals surface area contributed by atoms with E-state index in [9.17, 15) is 0 Å². The monoisotopic (exact) mass is 339 g/mol. The average molecular weight is 340 g/mol. The van der Waals surface area contributed by atoms with Gasteiger partial charge in [-0.3, -0.25) is 9.58 Å². The Labute approximate surface area is 130 Å². The van der Waals surface area contributed by atoms with Crippen molar-refractivity contribution in [2.75, 3.05) is 11.9 Å². The minimum Gasteiger partial charge on any atom is -0.294 e. The minimum absolute atomic E-state index is 0.658. The molecule has 0 aromatic carbocycles. The van der Waals surface area contributed by atoms with Crippen LogP contribution in [0.4, 0.5) is 0 Å². The first kappa shape index (κ1) is 14.6. The maximum atomic E-state index is 4.86. The molecule has 0 radical (unpaired) electrons. The number of hydrogen-bond acceptors (Lipinski definition) is 2. The second-order valence-electron chi connectivity index (χ2n) is 6.35. The van der Waals surface area contributed by atoms with Gasteiger partial charge in [0, 0.05) is 24.1 Å². The standard InChI is InChI=1S/C16H26BrN3/c17-12-16-8-4-5-10-19(16)13-14-9-11-20(18-14)15-6-2-1-3-7-15/h9,11,15-16H,1-8,10,12-13H2. The van der Waals surface area contributed by atoms with Crippen LogP contribution in [0.1, 0.15) is 63.1 Å². The van der Waals surface area contributed by atoms with Crippen LogP contribution in [-0.2, 0) is 6.54 Å². The average Bonchev–Trinajstić information content (AvgIpc) is 2.97. The fourth-order valence-electron chi connectivity index (χ4n) is 3.66. The van der Waals surface area contributed by atoms with Crippen LogP contribution < -0.4 is 0 Å². The van der Waals surface area contributed by atoms with E-state index >= 15 is 0 Å². The Morgan fingerprint density at radius 1 is 1.10 bits per heavy atom. The van der Waals surface area contributed by atoms with Gasteiger partial charge in [0.05, 0.1) is 11.7 Å². The normalized spacial score (nSPS) is 25.9. The lowest BCUT2D eigenvalue weighted by Gasteiger charge is -2.34. The Morgan fingerprint density at radius 3 is 2.70 bits per heavy atom. The van der Waals surface area contributed by atoms with Crippen LogP contribution in [0.5, 0.6) is 0 Å². The first-order chi connectivity index (χ1) is 9.86. The summed E-state index contributed by atoms with van der Waals surface area (Å²) in [6.07, 6.45) is 13.0. The van der Waals surface area contributed by atoms with Crippen LogP contribution >= 0.6 is 15.9 Å². The van der Waals surface area contributed by atoms with Gasteiger partial charge >= 0.3 is 0 Å². The number of halogens is 1. The highest BCUT2D eigenvalue weighted by Crippen LogP contribution is 2.28. The maximum Gasteiger partial charge on any atom is 0.0765 e. The molecule has 1 atom stereocenters. The number of aromatic nitrogens is 2. The van der Waals surface area contributed by atoms with Crippen LogP contribution in [-0.4, -0.2) is 32.6 Å². The number of nitrogens with zero attached hydrogens (tertiary/aromatic N) is 3. The van der Waals surface area contributed by atoms with E-state index in [1.165, 1.54) is 63.6 Å². The van der Waals surface area contributed by atoms with Gasteiger partial charge in [0.1, 0.15) is 0 Å². The van der Waals surface area contributed by atoms with Crippen LogP contribution in [0.15, 0.2) is 12.3 Å². The van der Waals surface area contributed by atoms with Gasteiger partial charge in [-0.15, -0.1) is 0 Å². The van der Waals surface area contributed by atoms with E-state index in [0.717, 1.165) is 11.9 Å². The molecule has 1 aliphatic heterocycles. The van der Waals surface area contributed by atoms with Crippen LogP contribution in [0.2, 0.25) is 0 Å². The summed E-state index contributed by atoms with van der Waals surface area (Å²) in [6.45, 7) is 2.25. The summed E-state index contributed by atoms with van der Waals surface area (Å²) in [6, 6.07) is 3.59. The summed E-state index contributed by atoms with van der Waals surface area (Å²) in [5, 5.41) is 5.95. The molecule has 3 rings (SSSR count). The van der Waals surface area contributed by atoms with Crippen molar-refractivity contribution in [1.82, 2.24) is 14.7 Å². The van der Waals surface area contributed by atoms with Gasteiger partial charge in [-0.1, -0.05) is 41.6 Å². The van der Waals surface area contributed by atoms with Gasteiger partial charge in [0.15, 0.2) is 0 Å². The van der Waals surface area contributed by atoms with Crippen molar-refractivity contribution in [3.63, 3.8) is 0 Å². The van der Waals surface area contributed by atoms with E-state index in [-0.39, 0.29) is 0 Å². The lowest BCUT2D eigenvalue weighted by molar-refractivity contribution is 0.154. The number of rotatable bonds is 4. The summed E-state index contributed by atoms with van der Waals surface area (Å²) in [5.41, 5.74) is 1.25. The maximum absolute atomic E-state index is 4.86. The van der Waals surface area contributed by atoms with E-state index < -0.39 is 0 Å². The fourth-order valence-corrected chi connectivity index (χ4v) is 4.39. The lowest BCUT2D eigenvalue weighted by atomic mass is 9.96. The van der Waals surface area contributed by atoms with E-state index in [4.69, 9.17) is 5.10 Å². The van der Waals surface area contributed by atoms with Gasteiger partial charge in [0.2, 0.25) is 0 Å². The largest absolute Gasteiger partial charge is 0.294 e. The highest BCUT2D eigenvalue weighted by atomic mass is 79.9. The molecule has 112 valence electrons. The van der Waals surface area contributed by atoms with Crippen LogP contribution in [0.3, 0.4) is 0 Å². The summed E-state index contributed by atoms with van der Waals surface area (Å²) < 4.78 is 2.24. The molecule has 0 bridgehead atoms. The minimum atomic E-state index is 0.658. The molecule has 2 aliphatic rings. The van der Waals surface area contributed by atoms with Gasteiger partial charge in [-0.2, -0.15) is 5.10 Å². The van der Waals surface area contributed by atoms with Crippen LogP contribution in [0.25, 0.3) is 0 Å². The molecular formula is C16H26BrN3. The zero-order chi connectivity index (χ0) is 13.8. The molecule has 1 unspecified atom stereocenters. The summed E-state index contributed by atoms with van der Waals surface area (Å²) in [7, 11) is 0. The van der Waals surface area contributed by atoms with E-state index in [2.05, 4.69) is 37.8 Å². The SMILES string of the molecule is BrCC1CCCCN1Cc1ccn(C2CCCCC2)n1. The van der Waals surface area contributed by atoms with Crippen molar-refractivity contribution in [2.45, 2.75) is 70.0 Å². The summed E-state index contributed by atoms with van der Waals surface area (Å²) in [5.74, 6) is 0. The Hall–Kier alpha value is -0.350. The molecule has 20 heavy (non-hydrogen) atoms. The molecule has 1 aromatic rings. The third-order valence-corrected chi connectivity index (χ3v) is 5.65. The third kappa shape index (κ3) is 3.45. The molecule has 4 heteroatoms. The fraction of sp³-hybridized carbons (Fsp3) is 0.812. The number of likely N-dealkylation sites (tertiary alicyclic amines) is 1. The van der Waals surface area contributed by atoms with Crippen LogP contribution in [0, 0.1) is 0 Å². The molecule has 0 amide bonds. The second kappa shape index (κ2) is 7.08. The van der Waals surface area contributed by atoms with Gasteiger partial charge in [0.25, 0.3) is 0 Å². The number of alkyl halides is 1. The Morgan fingerprint density at radius 2 is 1.90 bits per heavy atom. The van der Waals surface area contributed by atoms with E-state index in [1.807, 2.05) is 0 Å². The van der Waals surface area contributed by atoms with Gasteiger partial charge in [-0.05, 0) is 38.3 Å². The predicted molar refractivity (Wildman–Crippen MR) is 86.2 cm³/mol. The molecular weight excluding hydrogens is 314 g/mol. The quantitative estimate of drug-likeness (QED) is 0.768. The summed E-state index contributed by atoms with van der Waals surface area (Å²) in [4.78, 5) is 2.60. The Bertz CT molecular complexity index is 412. The molecule has 0 spiro atoms. The third-order valence-electron chi connectivity index (χ3n) is 4.90. The smallest absolute Gasteiger partial charge is 0.0765 e. The molecule has 2 fully saturated rings. The molecule has 1 saturated carbocycles. The summed E-state index contributed by atoms with van der Waals surface area (Å²) >= 11 is 3.67. The van der Waals surface area contributed by atoms with E-state index in [1.54, 1.807) is 0 Å². The van der Waals surface area contributed by atoms with Crippen molar-refractivity contribution < 1.29 is 0 Å². The van der Waals surface area contributed by atoms with Crippen molar-refractivity contribution in [3.8, 4) is 0 Å². The molecule has 1 saturated heterocycles. The first-order valence-electron chi connectivity index (χ1n) is 8.21.